The molecule has 0 heterocycles. The van der Waals surface area contributed by atoms with Gasteiger partial charge < -0.3 is 11.5 Å². The molecule has 0 spiro atoms. The van der Waals surface area contributed by atoms with Crippen molar-refractivity contribution in [2.75, 3.05) is 11.5 Å². The van der Waals surface area contributed by atoms with Crippen LogP contribution in [0.2, 0.25) is 0 Å². The molecule has 0 radical (unpaired) electrons. The van der Waals surface area contributed by atoms with Gasteiger partial charge in [-0.05, 0) is 46.6 Å². The van der Waals surface area contributed by atoms with Gasteiger partial charge in [-0.15, -0.1) is 0 Å². The molecule has 0 aliphatic heterocycles. The molecule has 0 atom stereocenters. The first-order valence-electron chi connectivity index (χ1n) is 3.79. The van der Waals surface area contributed by atoms with E-state index in [0.29, 0.717) is 22.7 Å². The molecule has 1 aromatic rings. The van der Waals surface area contributed by atoms with Crippen LogP contribution in [0.1, 0.15) is 5.56 Å². The Morgan fingerprint density at radius 3 is 2.43 bits per heavy atom. The lowest BCUT2D eigenvalue weighted by Crippen LogP contribution is -1.99. The first-order chi connectivity index (χ1) is 6.54. The summed E-state index contributed by atoms with van der Waals surface area (Å²) in [5.74, 6) is 0. The van der Waals surface area contributed by atoms with Gasteiger partial charge in [-0.1, -0.05) is 0 Å². The van der Waals surface area contributed by atoms with Crippen molar-refractivity contribution in [2.24, 2.45) is 4.99 Å². The molecule has 0 amide bonds. The zero-order valence-electron chi connectivity index (χ0n) is 7.71. The van der Waals surface area contributed by atoms with Crippen LogP contribution in [0, 0.1) is 17.1 Å². The number of rotatable bonds is 1. The van der Waals surface area contributed by atoms with E-state index in [0.717, 1.165) is 9.13 Å². The van der Waals surface area contributed by atoms with Crippen molar-refractivity contribution >= 4 is 52.1 Å². The standard InChI is InChI=1S/C9H10IN4/c1-4-5(10)6(11)7(12)9(14-3)8(4)13-2/h3H,2,11-12H2,1H3/q+1. The molecule has 0 unspecified atom stereocenters. The predicted octanol–water partition coefficient (Wildman–Crippen LogP) is 2.69. The first-order valence-corrected chi connectivity index (χ1v) is 4.87. The SMILES string of the molecule is C#[N+]c1c(N)c(N)c(I)c(C)c1N=C. The van der Waals surface area contributed by atoms with E-state index in [1.165, 1.54) is 0 Å². The minimum Gasteiger partial charge on any atom is -0.396 e. The molecule has 5 heteroatoms. The van der Waals surface area contributed by atoms with E-state index in [1.54, 1.807) is 0 Å². The smallest absolute Gasteiger partial charge is 0.390 e. The second kappa shape index (κ2) is 3.84. The summed E-state index contributed by atoms with van der Waals surface area (Å²) in [5.41, 5.74) is 14.2. The van der Waals surface area contributed by atoms with Crippen molar-refractivity contribution in [1.29, 1.82) is 0 Å². The molecule has 0 bridgehead atoms. The topological polar surface area (TPSA) is 68.8 Å². The fraction of sp³-hybridized carbons (Fsp3) is 0.111. The van der Waals surface area contributed by atoms with E-state index in [-0.39, 0.29) is 0 Å². The van der Waals surface area contributed by atoms with Crippen LogP contribution < -0.4 is 11.5 Å². The van der Waals surface area contributed by atoms with Crippen LogP contribution in [0.15, 0.2) is 4.99 Å². The Balaban J connectivity index is 3.76. The number of nitrogens with two attached hydrogens (primary N) is 2. The summed E-state index contributed by atoms with van der Waals surface area (Å²) in [4.78, 5) is 7.40. The average Bonchev–Trinajstić information content (AvgIpc) is 2.20. The predicted molar refractivity (Wildman–Crippen MR) is 69.9 cm³/mol. The largest absolute Gasteiger partial charge is 0.396 e. The number of halogens is 1. The second-order valence-electron chi connectivity index (χ2n) is 2.75. The molecule has 4 N–H and O–H groups in total. The molecular weight excluding hydrogens is 291 g/mol. The Bertz CT molecular complexity index is 445. The summed E-state index contributed by atoms with van der Waals surface area (Å²) in [6, 6.07) is 0. The summed E-state index contributed by atoms with van der Waals surface area (Å²) >= 11 is 2.10. The van der Waals surface area contributed by atoms with Gasteiger partial charge in [0.1, 0.15) is 0 Å². The highest BCUT2D eigenvalue weighted by molar-refractivity contribution is 14.1. The van der Waals surface area contributed by atoms with Crippen molar-refractivity contribution in [3.05, 3.63) is 14.0 Å². The van der Waals surface area contributed by atoms with Crippen LogP contribution in [0.5, 0.6) is 0 Å². The van der Waals surface area contributed by atoms with E-state index in [1.807, 2.05) is 6.92 Å². The molecule has 0 saturated heterocycles. The van der Waals surface area contributed by atoms with Crippen molar-refractivity contribution < 1.29 is 0 Å². The average molecular weight is 301 g/mol. The van der Waals surface area contributed by atoms with Crippen molar-refractivity contribution in [3.8, 4) is 6.57 Å². The van der Waals surface area contributed by atoms with E-state index < -0.39 is 0 Å². The van der Waals surface area contributed by atoms with Gasteiger partial charge in [-0.3, -0.25) is 4.99 Å². The summed E-state index contributed by atoms with van der Waals surface area (Å²) in [7, 11) is 0. The Morgan fingerprint density at radius 2 is 2.00 bits per heavy atom. The number of anilines is 2. The van der Waals surface area contributed by atoms with Crippen LogP contribution in [-0.4, -0.2) is 6.72 Å². The lowest BCUT2D eigenvalue weighted by molar-refractivity contribution is 1.39. The quantitative estimate of drug-likeness (QED) is 0.476. The molecule has 0 aliphatic rings. The fourth-order valence-electron chi connectivity index (χ4n) is 1.18. The highest BCUT2D eigenvalue weighted by Crippen LogP contribution is 2.43. The number of hydrogen-bond donors (Lipinski definition) is 2. The third-order valence-electron chi connectivity index (χ3n) is 1.98. The maximum atomic E-state index is 5.77. The Kier molecular flexibility index (Phi) is 2.96. The van der Waals surface area contributed by atoms with Gasteiger partial charge in [0.2, 0.25) is 0 Å². The Morgan fingerprint density at radius 1 is 1.43 bits per heavy atom. The maximum absolute atomic E-state index is 5.77. The normalized spacial score (nSPS) is 9.50. The number of hydrogen-bond acceptors (Lipinski definition) is 3. The van der Waals surface area contributed by atoms with Gasteiger partial charge in [0, 0.05) is 3.57 Å². The molecule has 0 saturated carbocycles. The van der Waals surface area contributed by atoms with Crippen LogP contribution in [0.25, 0.3) is 4.85 Å². The van der Waals surface area contributed by atoms with E-state index in [9.17, 15) is 0 Å². The molecule has 0 aromatic heterocycles. The monoisotopic (exact) mass is 301 g/mol. The third kappa shape index (κ3) is 1.42. The molecule has 14 heavy (non-hydrogen) atoms. The molecule has 1 aromatic carbocycles. The third-order valence-corrected chi connectivity index (χ3v) is 3.37. The number of benzene rings is 1. The molecule has 0 aliphatic carbocycles. The van der Waals surface area contributed by atoms with E-state index in [2.05, 4.69) is 39.1 Å². The Hall–Kier alpha value is -1.29. The maximum Gasteiger partial charge on any atom is 0.390 e. The molecule has 72 valence electrons. The number of nitrogen functional groups attached to an aromatic ring is 2. The summed E-state index contributed by atoms with van der Waals surface area (Å²) in [6.07, 6.45) is 0. The summed E-state index contributed by atoms with van der Waals surface area (Å²) in [5, 5.41) is 0. The van der Waals surface area contributed by atoms with Crippen molar-refractivity contribution in [2.45, 2.75) is 6.92 Å². The minimum atomic E-state index is 0.352. The molecular formula is C9H10IN4+. The molecule has 1 rings (SSSR count). The molecule has 4 nitrogen and oxygen atoms in total. The molecule has 0 fully saturated rings. The minimum absolute atomic E-state index is 0.352. The van der Waals surface area contributed by atoms with E-state index in [4.69, 9.17) is 18.0 Å². The van der Waals surface area contributed by atoms with Crippen LogP contribution in [-0.2, 0) is 0 Å². The lowest BCUT2D eigenvalue weighted by Gasteiger charge is -2.06. The zero-order chi connectivity index (χ0) is 10.9. The van der Waals surface area contributed by atoms with E-state index >= 15 is 0 Å². The van der Waals surface area contributed by atoms with Crippen LogP contribution >= 0.6 is 22.6 Å². The number of nitrogens with zero attached hydrogens (tertiary/aromatic N) is 2. The van der Waals surface area contributed by atoms with Gasteiger partial charge in [0.05, 0.1) is 5.69 Å². The highest BCUT2D eigenvalue weighted by atomic mass is 127. The fourth-order valence-corrected chi connectivity index (χ4v) is 1.73. The van der Waals surface area contributed by atoms with Gasteiger partial charge in [0.25, 0.3) is 6.57 Å². The van der Waals surface area contributed by atoms with Gasteiger partial charge in [-0.2, -0.15) is 0 Å². The van der Waals surface area contributed by atoms with Crippen molar-refractivity contribution in [1.82, 2.24) is 0 Å². The van der Waals surface area contributed by atoms with Gasteiger partial charge in [-0.25, -0.2) is 0 Å². The lowest BCUT2D eigenvalue weighted by atomic mass is 10.1. The second-order valence-corrected chi connectivity index (χ2v) is 3.83. The summed E-state index contributed by atoms with van der Waals surface area (Å²) in [6.45, 7) is 10.5. The number of aliphatic imine (C=N–C) groups is 1. The van der Waals surface area contributed by atoms with Crippen molar-refractivity contribution in [3.63, 3.8) is 0 Å². The van der Waals surface area contributed by atoms with Crippen LogP contribution in [0.3, 0.4) is 0 Å². The first kappa shape index (κ1) is 10.8. The zero-order valence-corrected chi connectivity index (χ0v) is 9.87. The Labute approximate surface area is 96.0 Å². The summed E-state index contributed by atoms with van der Waals surface area (Å²) < 4.78 is 0.856. The van der Waals surface area contributed by atoms with Crippen LogP contribution in [0.4, 0.5) is 22.7 Å². The van der Waals surface area contributed by atoms with Gasteiger partial charge in [0.15, 0.2) is 11.4 Å². The van der Waals surface area contributed by atoms with Gasteiger partial charge >= 0.3 is 5.69 Å². The highest BCUT2D eigenvalue weighted by Gasteiger charge is 2.23.